The lowest BCUT2D eigenvalue weighted by atomic mass is 10.1. The third-order valence-electron chi connectivity index (χ3n) is 3.32. The van der Waals surface area contributed by atoms with E-state index < -0.39 is 0 Å². The molecule has 0 saturated heterocycles. The van der Waals surface area contributed by atoms with Crippen molar-refractivity contribution in [1.29, 1.82) is 5.26 Å². The number of ether oxygens (including phenoxy) is 1. The predicted molar refractivity (Wildman–Crippen MR) is 87.0 cm³/mol. The van der Waals surface area contributed by atoms with E-state index in [4.69, 9.17) is 15.7 Å². The summed E-state index contributed by atoms with van der Waals surface area (Å²) in [7, 11) is 0. The number of nitrogens with zero attached hydrogens (tertiary/aromatic N) is 1. The number of rotatable bonds is 4. The summed E-state index contributed by atoms with van der Waals surface area (Å²) in [5.74, 6) is 0.789. The van der Waals surface area contributed by atoms with Crippen LogP contribution in [-0.2, 0) is 6.61 Å². The maximum absolute atomic E-state index is 8.88. The van der Waals surface area contributed by atoms with Crippen molar-refractivity contribution >= 4 is 15.9 Å². The lowest BCUT2D eigenvalue weighted by Crippen LogP contribution is -2.08. The van der Waals surface area contributed by atoms with Crippen molar-refractivity contribution < 1.29 is 4.74 Å². The van der Waals surface area contributed by atoms with Crippen molar-refractivity contribution in [1.82, 2.24) is 0 Å². The summed E-state index contributed by atoms with van der Waals surface area (Å²) < 4.78 is 6.89. The van der Waals surface area contributed by atoms with Gasteiger partial charge in [-0.05, 0) is 55.3 Å². The van der Waals surface area contributed by atoms with E-state index in [0.717, 1.165) is 26.9 Å². The fraction of sp³-hybridized carbons (Fsp3) is 0.235. The first kappa shape index (κ1) is 15.6. The van der Waals surface area contributed by atoms with Crippen LogP contribution in [0.2, 0.25) is 0 Å². The van der Waals surface area contributed by atoms with Crippen LogP contribution in [0.25, 0.3) is 0 Å². The third-order valence-corrected chi connectivity index (χ3v) is 3.81. The van der Waals surface area contributed by atoms with Crippen molar-refractivity contribution in [3.8, 4) is 11.8 Å². The van der Waals surface area contributed by atoms with E-state index in [9.17, 15) is 0 Å². The van der Waals surface area contributed by atoms with Gasteiger partial charge in [0.1, 0.15) is 12.4 Å². The molecular formula is C17H17BrN2O. The van der Waals surface area contributed by atoms with Gasteiger partial charge in [0.25, 0.3) is 0 Å². The topological polar surface area (TPSA) is 59.0 Å². The fourth-order valence-electron chi connectivity index (χ4n) is 2.09. The van der Waals surface area contributed by atoms with Gasteiger partial charge in [-0.15, -0.1) is 0 Å². The zero-order chi connectivity index (χ0) is 15.4. The Labute approximate surface area is 133 Å². The molecule has 0 spiro atoms. The van der Waals surface area contributed by atoms with Crippen LogP contribution in [0.1, 0.15) is 35.2 Å². The molecule has 0 aliphatic carbocycles. The Morgan fingerprint density at radius 2 is 2.05 bits per heavy atom. The van der Waals surface area contributed by atoms with E-state index >= 15 is 0 Å². The lowest BCUT2D eigenvalue weighted by molar-refractivity contribution is 0.300. The van der Waals surface area contributed by atoms with Gasteiger partial charge in [-0.2, -0.15) is 5.26 Å². The first-order valence-corrected chi connectivity index (χ1v) is 7.48. The third kappa shape index (κ3) is 3.84. The van der Waals surface area contributed by atoms with Crippen molar-refractivity contribution in [2.24, 2.45) is 5.73 Å². The molecule has 3 nitrogen and oxygen atoms in total. The minimum Gasteiger partial charge on any atom is -0.489 e. The average molecular weight is 345 g/mol. The molecular weight excluding hydrogens is 328 g/mol. The highest BCUT2D eigenvalue weighted by molar-refractivity contribution is 9.10. The summed E-state index contributed by atoms with van der Waals surface area (Å²) in [6.07, 6.45) is 0. The second kappa shape index (κ2) is 6.75. The molecule has 0 amide bonds. The normalized spacial score (nSPS) is 11.8. The first-order valence-electron chi connectivity index (χ1n) is 6.68. The summed E-state index contributed by atoms with van der Waals surface area (Å²) in [4.78, 5) is 0. The highest BCUT2D eigenvalue weighted by Crippen LogP contribution is 2.28. The Morgan fingerprint density at radius 3 is 2.67 bits per heavy atom. The van der Waals surface area contributed by atoms with Gasteiger partial charge in [0.2, 0.25) is 0 Å². The molecule has 4 heteroatoms. The summed E-state index contributed by atoms with van der Waals surface area (Å²) in [5, 5.41) is 8.88. The quantitative estimate of drug-likeness (QED) is 0.902. The van der Waals surface area contributed by atoms with E-state index in [-0.39, 0.29) is 6.04 Å². The minimum atomic E-state index is -0.0976. The molecule has 0 fully saturated rings. The van der Waals surface area contributed by atoms with Crippen LogP contribution in [0, 0.1) is 18.3 Å². The van der Waals surface area contributed by atoms with Gasteiger partial charge in [-0.1, -0.05) is 22.0 Å². The Kier molecular flexibility index (Phi) is 5.00. The Morgan fingerprint density at radius 1 is 1.29 bits per heavy atom. The largest absolute Gasteiger partial charge is 0.489 e. The highest BCUT2D eigenvalue weighted by atomic mass is 79.9. The fourth-order valence-corrected chi connectivity index (χ4v) is 2.47. The molecule has 2 aromatic rings. The molecule has 21 heavy (non-hydrogen) atoms. The smallest absolute Gasteiger partial charge is 0.124 e. The monoisotopic (exact) mass is 344 g/mol. The van der Waals surface area contributed by atoms with Crippen LogP contribution in [0.5, 0.6) is 5.75 Å². The minimum absolute atomic E-state index is 0.0976. The molecule has 0 unspecified atom stereocenters. The second-order valence-corrected chi connectivity index (χ2v) is 5.93. The molecule has 0 aliphatic heterocycles. The summed E-state index contributed by atoms with van der Waals surface area (Å²) in [5.41, 5.74) is 9.73. The number of halogens is 1. The van der Waals surface area contributed by atoms with E-state index in [0.29, 0.717) is 12.2 Å². The van der Waals surface area contributed by atoms with Gasteiger partial charge in [-0.25, -0.2) is 0 Å². The van der Waals surface area contributed by atoms with Gasteiger partial charge >= 0.3 is 0 Å². The summed E-state index contributed by atoms with van der Waals surface area (Å²) in [6, 6.07) is 13.5. The number of aryl methyl sites for hydroxylation is 1. The maximum Gasteiger partial charge on any atom is 0.124 e. The molecule has 0 aromatic heterocycles. The van der Waals surface area contributed by atoms with Crippen LogP contribution >= 0.6 is 15.9 Å². The second-order valence-electron chi connectivity index (χ2n) is 5.01. The van der Waals surface area contributed by atoms with Crippen LogP contribution in [0.3, 0.4) is 0 Å². The van der Waals surface area contributed by atoms with Crippen LogP contribution in [0.15, 0.2) is 40.9 Å². The van der Waals surface area contributed by atoms with E-state index in [2.05, 4.69) is 22.0 Å². The van der Waals surface area contributed by atoms with Crippen molar-refractivity contribution in [3.05, 3.63) is 63.1 Å². The van der Waals surface area contributed by atoms with Gasteiger partial charge in [-0.3, -0.25) is 0 Å². The van der Waals surface area contributed by atoms with Crippen LogP contribution < -0.4 is 10.5 Å². The SMILES string of the molecule is Cc1cc(C#N)ccc1COc1ccc(Br)cc1[C@@H](C)N. The first-order chi connectivity index (χ1) is 10.0. The Hall–Kier alpha value is -1.83. The van der Waals surface area contributed by atoms with Crippen molar-refractivity contribution in [2.75, 3.05) is 0 Å². The zero-order valence-corrected chi connectivity index (χ0v) is 13.6. The summed E-state index contributed by atoms with van der Waals surface area (Å²) >= 11 is 3.45. The molecule has 108 valence electrons. The number of hydrogen-bond donors (Lipinski definition) is 1. The van der Waals surface area contributed by atoms with Crippen molar-refractivity contribution in [2.45, 2.75) is 26.5 Å². The van der Waals surface area contributed by atoms with Gasteiger partial charge in [0.15, 0.2) is 0 Å². The molecule has 0 radical (unpaired) electrons. The molecule has 2 aromatic carbocycles. The average Bonchev–Trinajstić information content (AvgIpc) is 2.46. The molecule has 0 bridgehead atoms. The van der Waals surface area contributed by atoms with Crippen molar-refractivity contribution in [3.63, 3.8) is 0 Å². The molecule has 2 N–H and O–H groups in total. The van der Waals surface area contributed by atoms with E-state index in [1.54, 1.807) is 6.07 Å². The van der Waals surface area contributed by atoms with Gasteiger partial charge < -0.3 is 10.5 Å². The molecule has 0 heterocycles. The Bertz CT molecular complexity index is 690. The number of nitrogens with two attached hydrogens (primary N) is 1. The van der Waals surface area contributed by atoms with Crippen LogP contribution in [-0.4, -0.2) is 0 Å². The Balaban J connectivity index is 2.19. The number of benzene rings is 2. The molecule has 2 rings (SSSR count). The van der Waals surface area contributed by atoms with Gasteiger partial charge in [0.05, 0.1) is 11.6 Å². The van der Waals surface area contributed by atoms with Gasteiger partial charge in [0, 0.05) is 16.1 Å². The highest BCUT2D eigenvalue weighted by Gasteiger charge is 2.10. The molecule has 0 aliphatic rings. The maximum atomic E-state index is 8.88. The number of nitriles is 1. The molecule has 1 atom stereocenters. The zero-order valence-electron chi connectivity index (χ0n) is 12.1. The number of hydrogen-bond acceptors (Lipinski definition) is 3. The van der Waals surface area contributed by atoms with E-state index in [1.807, 2.05) is 44.2 Å². The van der Waals surface area contributed by atoms with Crippen LogP contribution in [0.4, 0.5) is 0 Å². The van der Waals surface area contributed by atoms with E-state index in [1.165, 1.54) is 0 Å². The lowest BCUT2D eigenvalue weighted by Gasteiger charge is -2.15. The summed E-state index contributed by atoms with van der Waals surface area (Å²) in [6.45, 7) is 4.37. The predicted octanol–water partition coefficient (Wildman–Crippen LogP) is 4.23. The standard InChI is InChI=1S/C17H17BrN2O/c1-11-7-13(9-19)3-4-14(11)10-21-17-6-5-15(18)8-16(17)12(2)20/h3-8,12H,10,20H2,1-2H3/t12-/m1/s1. The molecule has 0 saturated carbocycles.